The highest BCUT2D eigenvalue weighted by atomic mass is 19.4. The van der Waals surface area contributed by atoms with Crippen LogP contribution in [0, 0.1) is 0 Å². The molecule has 0 spiro atoms. The van der Waals surface area contributed by atoms with E-state index in [1.54, 1.807) is 18.2 Å². The molecule has 1 unspecified atom stereocenters. The van der Waals surface area contributed by atoms with Crippen LogP contribution in [0.4, 0.5) is 13.2 Å². The van der Waals surface area contributed by atoms with Gasteiger partial charge in [-0.05, 0) is 25.5 Å². The van der Waals surface area contributed by atoms with E-state index in [0.717, 1.165) is 32.2 Å². The van der Waals surface area contributed by atoms with Crippen LogP contribution in [0.1, 0.15) is 37.3 Å². The third-order valence-electron chi connectivity index (χ3n) is 3.08. The first-order valence-electron chi connectivity index (χ1n) is 6.14. The van der Waals surface area contributed by atoms with Crippen LogP contribution in [-0.4, -0.2) is 12.9 Å². The first kappa shape index (κ1) is 13.2. The predicted octanol–water partition coefficient (Wildman–Crippen LogP) is 3.79. The zero-order valence-electron chi connectivity index (χ0n) is 9.96. The molecule has 1 aromatic carbocycles. The van der Waals surface area contributed by atoms with Crippen molar-refractivity contribution in [3.8, 4) is 5.75 Å². The quantitative estimate of drug-likeness (QED) is 0.872. The number of halogens is 3. The average Bonchev–Trinajstić information content (AvgIpc) is 2.56. The molecule has 1 fully saturated rings. The SMILES string of the molecule is FC(F)(F)Oc1ccccc1C1CCCCCN1. The molecule has 1 heterocycles. The minimum atomic E-state index is -4.64. The molecule has 1 aliphatic rings. The van der Waals surface area contributed by atoms with Gasteiger partial charge in [-0.1, -0.05) is 31.0 Å². The second kappa shape index (κ2) is 5.61. The summed E-state index contributed by atoms with van der Waals surface area (Å²) in [5.41, 5.74) is 0.594. The molecular weight excluding hydrogens is 243 g/mol. The zero-order chi connectivity index (χ0) is 13.0. The fraction of sp³-hybridized carbons (Fsp3) is 0.538. The van der Waals surface area contributed by atoms with Crippen LogP contribution < -0.4 is 10.1 Å². The molecule has 0 aliphatic carbocycles. The molecule has 2 rings (SSSR count). The van der Waals surface area contributed by atoms with E-state index in [-0.39, 0.29) is 11.8 Å². The fourth-order valence-electron chi connectivity index (χ4n) is 2.28. The molecule has 1 atom stereocenters. The maximum absolute atomic E-state index is 12.3. The highest BCUT2D eigenvalue weighted by molar-refractivity contribution is 5.36. The highest BCUT2D eigenvalue weighted by Crippen LogP contribution is 2.33. The van der Waals surface area contributed by atoms with Gasteiger partial charge in [0, 0.05) is 11.6 Å². The predicted molar refractivity (Wildman–Crippen MR) is 62.3 cm³/mol. The molecule has 0 radical (unpaired) electrons. The Hall–Kier alpha value is -1.23. The van der Waals surface area contributed by atoms with Gasteiger partial charge >= 0.3 is 6.36 Å². The van der Waals surface area contributed by atoms with Gasteiger partial charge in [0.05, 0.1) is 0 Å². The number of alkyl halides is 3. The molecule has 2 nitrogen and oxygen atoms in total. The van der Waals surface area contributed by atoms with E-state index in [2.05, 4.69) is 10.1 Å². The minimum absolute atomic E-state index is 0.0500. The highest BCUT2D eigenvalue weighted by Gasteiger charge is 2.32. The second-order valence-corrected chi connectivity index (χ2v) is 4.44. The number of ether oxygens (including phenoxy) is 1. The van der Waals surface area contributed by atoms with Crippen molar-refractivity contribution in [2.45, 2.75) is 38.1 Å². The Balaban J connectivity index is 2.20. The molecule has 5 heteroatoms. The van der Waals surface area contributed by atoms with Gasteiger partial charge in [-0.15, -0.1) is 13.2 Å². The third-order valence-corrected chi connectivity index (χ3v) is 3.08. The lowest BCUT2D eigenvalue weighted by Crippen LogP contribution is -2.23. The molecule has 0 aromatic heterocycles. The lowest BCUT2D eigenvalue weighted by atomic mass is 10.0. The average molecular weight is 259 g/mol. The van der Waals surface area contributed by atoms with E-state index in [1.807, 2.05) is 0 Å². The topological polar surface area (TPSA) is 21.3 Å². The van der Waals surface area contributed by atoms with Crippen molar-refractivity contribution in [3.63, 3.8) is 0 Å². The summed E-state index contributed by atoms with van der Waals surface area (Å²) in [6, 6.07) is 6.32. The summed E-state index contributed by atoms with van der Waals surface area (Å²) in [6.07, 6.45) is -0.582. The second-order valence-electron chi connectivity index (χ2n) is 4.44. The Labute approximate surface area is 104 Å². The van der Waals surface area contributed by atoms with E-state index < -0.39 is 6.36 Å². The molecular formula is C13H16F3NO. The lowest BCUT2D eigenvalue weighted by molar-refractivity contribution is -0.275. The number of hydrogen-bond donors (Lipinski definition) is 1. The Morgan fingerprint density at radius 3 is 2.67 bits per heavy atom. The molecule has 0 bridgehead atoms. The maximum Gasteiger partial charge on any atom is 0.573 e. The molecule has 0 saturated carbocycles. The molecule has 1 N–H and O–H groups in total. The van der Waals surface area contributed by atoms with Crippen LogP contribution in [0.25, 0.3) is 0 Å². The summed E-state index contributed by atoms with van der Waals surface area (Å²) >= 11 is 0. The van der Waals surface area contributed by atoms with E-state index in [0.29, 0.717) is 5.56 Å². The molecule has 1 aromatic rings. The van der Waals surface area contributed by atoms with Gasteiger partial charge in [-0.25, -0.2) is 0 Å². The number of hydrogen-bond acceptors (Lipinski definition) is 2. The van der Waals surface area contributed by atoms with E-state index in [9.17, 15) is 13.2 Å². The van der Waals surface area contributed by atoms with Crippen LogP contribution in [0.5, 0.6) is 5.75 Å². The van der Waals surface area contributed by atoms with Crippen molar-refractivity contribution in [1.82, 2.24) is 5.32 Å². The lowest BCUT2D eigenvalue weighted by Gasteiger charge is -2.20. The smallest absolute Gasteiger partial charge is 0.405 e. The van der Waals surface area contributed by atoms with Crippen LogP contribution in [0.3, 0.4) is 0 Å². The molecule has 100 valence electrons. The van der Waals surface area contributed by atoms with Crippen LogP contribution >= 0.6 is 0 Å². The Morgan fingerprint density at radius 1 is 1.11 bits per heavy atom. The van der Waals surface area contributed by atoms with Crippen LogP contribution in [-0.2, 0) is 0 Å². The number of benzene rings is 1. The first-order valence-corrected chi connectivity index (χ1v) is 6.14. The summed E-state index contributed by atoms with van der Waals surface area (Å²) in [5.74, 6) is -0.0931. The third kappa shape index (κ3) is 3.63. The van der Waals surface area contributed by atoms with Crippen molar-refractivity contribution < 1.29 is 17.9 Å². The van der Waals surface area contributed by atoms with Crippen molar-refractivity contribution in [1.29, 1.82) is 0 Å². The van der Waals surface area contributed by atoms with E-state index in [1.165, 1.54) is 6.07 Å². The van der Waals surface area contributed by atoms with E-state index in [4.69, 9.17) is 0 Å². The van der Waals surface area contributed by atoms with E-state index >= 15 is 0 Å². The van der Waals surface area contributed by atoms with Gasteiger partial charge in [0.15, 0.2) is 0 Å². The van der Waals surface area contributed by atoms with Gasteiger partial charge in [0.25, 0.3) is 0 Å². The van der Waals surface area contributed by atoms with Crippen molar-refractivity contribution in [3.05, 3.63) is 29.8 Å². The largest absolute Gasteiger partial charge is 0.573 e. The summed E-state index contributed by atoms with van der Waals surface area (Å²) in [6.45, 7) is 0.838. The summed E-state index contributed by atoms with van der Waals surface area (Å²) < 4.78 is 41.1. The van der Waals surface area contributed by atoms with Gasteiger partial charge in [0.2, 0.25) is 0 Å². The monoisotopic (exact) mass is 259 g/mol. The fourth-order valence-corrected chi connectivity index (χ4v) is 2.28. The van der Waals surface area contributed by atoms with Crippen LogP contribution in [0.2, 0.25) is 0 Å². The van der Waals surface area contributed by atoms with Crippen LogP contribution in [0.15, 0.2) is 24.3 Å². The van der Waals surface area contributed by atoms with Crippen molar-refractivity contribution in [2.75, 3.05) is 6.54 Å². The Morgan fingerprint density at radius 2 is 1.89 bits per heavy atom. The standard InChI is InChI=1S/C13H16F3NO/c14-13(15,16)18-12-8-4-3-6-10(12)11-7-2-1-5-9-17-11/h3-4,6,8,11,17H,1-2,5,7,9H2. The first-order chi connectivity index (χ1) is 8.56. The van der Waals surface area contributed by atoms with Gasteiger partial charge in [-0.2, -0.15) is 0 Å². The summed E-state index contributed by atoms with van der Waals surface area (Å²) in [5, 5.41) is 3.28. The maximum atomic E-state index is 12.3. The molecule has 1 saturated heterocycles. The Bertz CT molecular complexity index is 384. The van der Waals surface area contributed by atoms with Crippen molar-refractivity contribution in [2.24, 2.45) is 0 Å². The Kier molecular flexibility index (Phi) is 4.11. The summed E-state index contributed by atoms with van der Waals surface area (Å²) in [7, 11) is 0. The zero-order valence-corrected chi connectivity index (χ0v) is 9.96. The van der Waals surface area contributed by atoms with Gasteiger partial charge in [-0.3, -0.25) is 0 Å². The number of rotatable bonds is 2. The summed E-state index contributed by atoms with van der Waals surface area (Å²) in [4.78, 5) is 0. The molecule has 0 amide bonds. The molecule has 1 aliphatic heterocycles. The van der Waals surface area contributed by atoms with Crippen molar-refractivity contribution >= 4 is 0 Å². The van der Waals surface area contributed by atoms with Gasteiger partial charge < -0.3 is 10.1 Å². The number of nitrogens with one attached hydrogen (secondary N) is 1. The minimum Gasteiger partial charge on any atom is -0.405 e. The normalized spacial score (nSPS) is 21.4. The number of para-hydroxylation sites is 1. The molecule has 18 heavy (non-hydrogen) atoms. The van der Waals surface area contributed by atoms with Gasteiger partial charge in [0.1, 0.15) is 5.75 Å².